The monoisotopic (exact) mass is 838 g/mol. The van der Waals surface area contributed by atoms with Crippen LogP contribution >= 0.6 is 34.8 Å². The van der Waals surface area contributed by atoms with Crippen LogP contribution in [-0.2, 0) is 53.9 Å². The van der Waals surface area contributed by atoms with E-state index < -0.39 is 51.2 Å². The molecule has 2 aromatic heterocycles. The maximum absolute atomic E-state index is 11.4. The lowest BCUT2D eigenvalue weighted by Gasteiger charge is -2.09. The van der Waals surface area contributed by atoms with Crippen molar-refractivity contribution >= 4 is 65.2 Å². The van der Waals surface area contributed by atoms with E-state index in [4.69, 9.17) is 58.0 Å². The number of aliphatic hydroxyl groups excluding tert-OH is 2. The molecule has 12 nitrogen and oxygen atoms in total. The molecule has 0 atom stereocenters. The third kappa shape index (κ3) is 25.2. The van der Waals surface area contributed by atoms with Crippen LogP contribution in [0.3, 0.4) is 0 Å². The average Bonchev–Trinajstić information content (AvgIpc) is 2.90. The summed E-state index contributed by atoms with van der Waals surface area (Å²) < 4.78 is 170. The van der Waals surface area contributed by atoms with Crippen molar-refractivity contribution in [1.82, 2.24) is 4.98 Å². The molecule has 27 heteroatoms. The Morgan fingerprint density at radius 2 is 1.02 bits per heavy atom. The van der Waals surface area contributed by atoms with Gasteiger partial charge in [-0.25, -0.2) is 13.0 Å². The number of hydrogen-bond acceptors (Lipinski definition) is 11. The van der Waals surface area contributed by atoms with Crippen LogP contribution in [0, 0.1) is 0 Å². The summed E-state index contributed by atoms with van der Waals surface area (Å²) in [5.74, 6) is 0. The summed E-state index contributed by atoms with van der Waals surface area (Å²) in [6, 6.07) is 8.09. The molecule has 0 aromatic carbocycles. The average molecular weight is 840 g/mol. The van der Waals surface area contributed by atoms with Crippen LogP contribution in [0.4, 0.5) is 39.5 Å². The van der Waals surface area contributed by atoms with Gasteiger partial charge >= 0.3 is 36.8 Å². The van der Waals surface area contributed by atoms with Gasteiger partial charge in [0, 0.05) is 37.7 Å². The van der Waals surface area contributed by atoms with Crippen LogP contribution in [0.15, 0.2) is 49.1 Å². The van der Waals surface area contributed by atoms with E-state index in [0.29, 0.717) is 0 Å². The molecule has 0 aliphatic rings. The summed E-state index contributed by atoms with van der Waals surface area (Å²) >= 11 is 14.4. The highest BCUT2D eigenvalue weighted by Crippen LogP contribution is 2.32. The summed E-state index contributed by atoms with van der Waals surface area (Å²) in [5, 5.41) is 17.1. The van der Waals surface area contributed by atoms with E-state index >= 15 is 0 Å². The number of alkyl halides is 12. The summed E-state index contributed by atoms with van der Waals surface area (Å²) in [4.78, 5) is 3.89. The Hall–Kier alpha value is -1.77. The van der Waals surface area contributed by atoms with Crippen LogP contribution in [0.5, 0.6) is 0 Å². The molecular weight excluding hydrogens is 814 g/mol. The van der Waals surface area contributed by atoms with E-state index in [1.165, 1.54) is 11.1 Å². The van der Waals surface area contributed by atoms with Gasteiger partial charge in [0.1, 0.15) is 7.05 Å². The zero-order valence-corrected chi connectivity index (χ0v) is 28.5. The molecule has 0 radical (unpaired) electrons. The second-order valence-electron chi connectivity index (χ2n) is 7.90. The molecule has 0 amide bonds. The van der Waals surface area contributed by atoms with Crippen LogP contribution in [0.2, 0.25) is 0 Å². The van der Waals surface area contributed by atoms with E-state index in [0.717, 1.165) is 25.7 Å². The fraction of sp³-hybridized carbons (Fsp3) is 0.524. The van der Waals surface area contributed by atoms with Gasteiger partial charge in [-0.05, 0) is 48.9 Å². The van der Waals surface area contributed by atoms with Crippen molar-refractivity contribution in [3.05, 3.63) is 60.2 Å². The van der Waals surface area contributed by atoms with E-state index in [1.54, 1.807) is 12.4 Å². The number of nitrogens with zero attached hydrogens (tertiary/aromatic N) is 2. The van der Waals surface area contributed by atoms with Crippen molar-refractivity contribution in [2.75, 3.05) is 13.2 Å². The Labute approximate surface area is 284 Å². The van der Waals surface area contributed by atoms with Crippen LogP contribution < -0.4 is 4.57 Å². The largest absolute Gasteiger partial charge is 0.741 e. The van der Waals surface area contributed by atoms with E-state index in [2.05, 4.69) is 17.1 Å². The number of pyridine rings is 2. The predicted octanol–water partition coefficient (Wildman–Crippen LogP) is 4.18. The first-order chi connectivity index (χ1) is 21.4. The van der Waals surface area contributed by atoms with Crippen LogP contribution in [0.25, 0.3) is 0 Å². The number of aliphatic hydroxyl groups is 2. The molecule has 282 valence electrons. The molecule has 0 saturated heterocycles. The van der Waals surface area contributed by atoms with Crippen molar-refractivity contribution in [3.8, 4) is 0 Å². The topological polar surface area (TPSA) is 192 Å². The fourth-order valence-electron chi connectivity index (χ4n) is 2.01. The zero-order chi connectivity index (χ0) is 38.6. The first-order valence-electron chi connectivity index (χ1n) is 11.8. The molecule has 2 heterocycles. The van der Waals surface area contributed by atoms with Crippen molar-refractivity contribution in [1.29, 1.82) is 0 Å². The minimum Gasteiger partial charge on any atom is -0.741 e. The lowest BCUT2D eigenvalue weighted by Crippen LogP contribution is -2.34. The number of halogens is 12. The number of hydrogen-bond donors (Lipinski definition) is 2. The van der Waals surface area contributed by atoms with Gasteiger partial charge in [-0.2, -0.15) is 56.3 Å². The highest BCUT2D eigenvalue weighted by Gasteiger charge is 2.57. The van der Waals surface area contributed by atoms with Crippen molar-refractivity contribution in [3.63, 3.8) is 0 Å². The number of rotatable bonds is 8. The van der Waals surface area contributed by atoms with Gasteiger partial charge in [0.15, 0.2) is 26.8 Å². The first-order valence-corrected chi connectivity index (χ1v) is 17.3. The Bertz CT molecular complexity index is 1440. The standard InChI is InChI=1S/C9H14NO.C8H11NO.C2F6O5S2.CHCl3.CHF3O3S/c1-10-6-4-9(5-7-10)3-2-8-11;10-7-1-2-8-3-5-9-6-4-8;3-1(4,5)14(9,10)13-15(11,12)2(6,7)8;2-1(3)4;2-1(3,4)8(5,6)7/h4-7,11H,2-3,8H2,1H3;3-6,10H,1-2,7H2;;1H;(H,5,6,7)/q+1;;;;/p-1. The minimum absolute atomic E-state index is 0.266. The summed E-state index contributed by atoms with van der Waals surface area (Å²) in [7, 11) is -17.8. The van der Waals surface area contributed by atoms with Gasteiger partial charge in [0.05, 0.1) is 0 Å². The van der Waals surface area contributed by atoms with E-state index in [-0.39, 0.29) is 13.2 Å². The summed E-state index contributed by atoms with van der Waals surface area (Å²) in [6.45, 7) is 0.545. The molecule has 2 rings (SSSR count). The third-order valence-electron chi connectivity index (χ3n) is 4.07. The van der Waals surface area contributed by atoms with E-state index in [9.17, 15) is 56.3 Å². The lowest BCUT2D eigenvalue weighted by atomic mass is 10.1. The molecule has 48 heavy (non-hydrogen) atoms. The first kappa shape index (κ1) is 50.6. The molecule has 2 aromatic rings. The molecule has 0 saturated carbocycles. The molecule has 0 aliphatic carbocycles. The fourth-order valence-corrected chi connectivity index (χ4v) is 3.57. The second-order valence-corrected chi connectivity index (χ2v) is 14.5. The summed E-state index contributed by atoms with van der Waals surface area (Å²) in [5.41, 5.74) is -15.6. The maximum Gasteiger partial charge on any atom is 0.524 e. The lowest BCUT2D eigenvalue weighted by molar-refractivity contribution is -0.671. The molecule has 0 spiro atoms. The number of aryl methyl sites for hydroxylation is 3. The van der Waals surface area contributed by atoms with Gasteiger partial charge in [-0.1, -0.05) is 34.8 Å². The van der Waals surface area contributed by atoms with Crippen LogP contribution in [-0.4, -0.2) is 79.0 Å². The minimum atomic E-state index is -6.85. The van der Waals surface area contributed by atoms with Gasteiger partial charge in [-0.15, -0.1) is 3.63 Å². The van der Waals surface area contributed by atoms with Gasteiger partial charge in [0.25, 0.3) is 0 Å². The SMILES string of the molecule is C[n+]1ccc(CCCO)cc1.ClC(Cl)Cl.O=S(=O)(OS(=O)(=O)C(F)(F)F)C(F)(F)F.O=S(=O)([O-])C(F)(F)F.OCCCc1ccncc1. The highest BCUT2D eigenvalue weighted by molar-refractivity contribution is 8.00. The maximum atomic E-state index is 11.4. The van der Waals surface area contributed by atoms with E-state index in [1.807, 2.05) is 39.8 Å². The Balaban J connectivity index is -0.000000553. The molecule has 2 N–H and O–H groups in total. The second kappa shape index (κ2) is 22.8. The Kier molecular flexibility index (Phi) is 24.1. The summed E-state index contributed by atoms with van der Waals surface area (Å²) in [6.07, 6.45) is 11.2. The van der Waals surface area contributed by atoms with Gasteiger partial charge in [-0.3, -0.25) is 4.98 Å². The molecule has 0 aliphatic heterocycles. The van der Waals surface area contributed by atoms with Gasteiger partial charge in [0.2, 0.25) is 0 Å². The normalized spacial score (nSPS) is 12.2. The molecular formula is C21H26Cl3F9N2O10S3. The number of aromatic nitrogens is 2. The molecule has 0 bridgehead atoms. The smallest absolute Gasteiger partial charge is 0.524 e. The molecule has 0 unspecified atom stereocenters. The predicted molar refractivity (Wildman–Crippen MR) is 151 cm³/mol. The van der Waals surface area contributed by atoms with Crippen molar-refractivity contribution < 1.29 is 87.7 Å². The zero-order valence-electron chi connectivity index (χ0n) is 23.8. The Morgan fingerprint density at radius 1 is 0.729 bits per heavy atom. The molecule has 0 fully saturated rings. The highest BCUT2D eigenvalue weighted by atomic mass is 35.6. The Morgan fingerprint density at radius 3 is 1.27 bits per heavy atom. The van der Waals surface area contributed by atoms with Crippen molar-refractivity contribution in [2.45, 2.75) is 46.5 Å². The van der Waals surface area contributed by atoms with Crippen LogP contribution in [0.1, 0.15) is 24.0 Å². The van der Waals surface area contributed by atoms with Crippen molar-refractivity contribution in [2.24, 2.45) is 7.05 Å². The van der Waals surface area contributed by atoms with Gasteiger partial charge < -0.3 is 14.8 Å². The third-order valence-corrected chi connectivity index (χ3v) is 7.21. The quantitative estimate of drug-likeness (QED) is 0.128.